The van der Waals surface area contributed by atoms with Gasteiger partial charge in [-0.25, -0.2) is 4.39 Å². The van der Waals surface area contributed by atoms with Crippen LogP contribution < -0.4 is 15.4 Å². The van der Waals surface area contributed by atoms with Gasteiger partial charge in [-0.05, 0) is 72.9 Å². The van der Waals surface area contributed by atoms with Gasteiger partial charge >= 0.3 is 0 Å². The van der Waals surface area contributed by atoms with Crippen LogP contribution in [-0.4, -0.2) is 72.2 Å². The zero-order valence-electron chi connectivity index (χ0n) is 23.2. The van der Waals surface area contributed by atoms with Gasteiger partial charge in [0.15, 0.2) is 0 Å². The van der Waals surface area contributed by atoms with Crippen molar-refractivity contribution in [2.75, 3.05) is 32.2 Å². The molecule has 0 saturated heterocycles. The molecule has 2 aromatic carbocycles. The summed E-state index contributed by atoms with van der Waals surface area (Å²) in [5.41, 5.74) is 2.96. The standard InChI is InChI=1S/C30H42FN3O4S/c1-4-21-8-7-9-22(14-21)19-32-20-28(35)26-17-23-15-24(31)18-25(16-23)38-12-6-5-10-29(36)34(2)27(11-13-39-3)30(37)33-26/h7-9,14-16,18,26-28,32,35H,4-6,10-13,17,19-20H2,1-3H3,(H,33,37)/t26-,27-,28+/m0/s1. The molecular formula is C30H42FN3O4S. The smallest absolute Gasteiger partial charge is 0.243 e. The van der Waals surface area contributed by atoms with Gasteiger partial charge in [0.25, 0.3) is 0 Å². The summed E-state index contributed by atoms with van der Waals surface area (Å²) in [6.07, 6.45) is 4.21. The Bertz CT molecular complexity index is 1090. The van der Waals surface area contributed by atoms with Crippen LogP contribution in [0.15, 0.2) is 42.5 Å². The summed E-state index contributed by atoms with van der Waals surface area (Å²) in [6, 6.07) is 11.4. The Morgan fingerprint density at radius 3 is 2.77 bits per heavy atom. The molecule has 1 heterocycles. The summed E-state index contributed by atoms with van der Waals surface area (Å²) >= 11 is 1.61. The summed E-state index contributed by atoms with van der Waals surface area (Å²) in [6.45, 7) is 3.26. The van der Waals surface area contributed by atoms with Crippen LogP contribution in [0.4, 0.5) is 4.39 Å². The van der Waals surface area contributed by atoms with Gasteiger partial charge in [0.05, 0.1) is 18.8 Å². The monoisotopic (exact) mass is 559 g/mol. The lowest BCUT2D eigenvalue weighted by Crippen LogP contribution is -2.55. The molecule has 3 rings (SSSR count). The maximum absolute atomic E-state index is 14.5. The third kappa shape index (κ3) is 9.81. The topological polar surface area (TPSA) is 90.9 Å². The maximum Gasteiger partial charge on any atom is 0.243 e. The molecule has 2 bridgehead atoms. The molecular weight excluding hydrogens is 517 g/mol. The predicted molar refractivity (Wildman–Crippen MR) is 154 cm³/mol. The summed E-state index contributed by atoms with van der Waals surface area (Å²) < 4.78 is 20.2. The molecule has 0 saturated carbocycles. The van der Waals surface area contributed by atoms with Crippen LogP contribution in [0.25, 0.3) is 0 Å². The molecule has 214 valence electrons. The molecule has 2 aromatic rings. The molecule has 3 atom stereocenters. The van der Waals surface area contributed by atoms with E-state index in [-0.39, 0.29) is 24.8 Å². The predicted octanol–water partition coefficient (Wildman–Crippen LogP) is 3.71. The molecule has 0 radical (unpaired) electrons. The SMILES string of the molecule is CCc1cccc(CNC[C@@H](O)[C@@H]2Cc3cc(F)cc(c3)OCCCCC(=O)N(C)[C@@H](CCSC)C(=O)N2)c1. The minimum atomic E-state index is -0.950. The molecule has 0 aromatic heterocycles. The van der Waals surface area contributed by atoms with Crippen molar-refractivity contribution in [2.45, 2.75) is 70.2 Å². The first kappa shape index (κ1) is 30.9. The number of hydrogen-bond acceptors (Lipinski definition) is 6. The van der Waals surface area contributed by atoms with Gasteiger partial charge in [0, 0.05) is 32.6 Å². The number of carbonyl (C=O) groups is 2. The van der Waals surface area contributed by atoms with Crippen LogP contribution in [0.3, 0.4) is 0 Å². The molecule has 0 aliphatic carbocycles. The van der Waals surface area contributed by atoms with Crippen molar-refractivity contribution >= 4 is 23.6 Å². The highest BCUT2D eigenvalue weighted by Gasteiger charge is 2.30. The average Bonchev–Trinajstić information content (AvgIpc) is 2.92. The summed E-state index contributed by atoms with van der Waals surface area (Å²) in [7, 11) is 1.66. The second-order valence-corrected chi connectivity index (χ2v) is 11.1. The number of aryl methyl sites for hydroxylation is 1. The molecule has 0 spiro atoms. The van der Waals surface area contributed by atoms with E-state index < -0.39 is 24.0 Å². The largest absolute Gasteiger partial charge is 0.493 e. The van der Waals surface area contributed by atoms with Crippen molar-refractivity contribution in [3.8, 4) is 5.75 Å². The number of nitrogens with one attached hydrogen (secondary N) is 2. The fourth-order valence-corrected chi connectivity index (χ4v) is 5.21. The van der Waals surface area contributed by atoms with E-state index in [1.807, 2.05) is 18.4 Å². The van der Waals surface area contributed by atoms with Crippen LogP contribution in [-0.2, 0) is 29.0 Å². The number of aliphatic hydroxyl groups is 1. The first-order valence-corrected chi connectivity index (χ1v) is 15.1. The highest BCUT2D eigenvalue weighted by molar-refractivity contribution is 7.98. The maximum atomic E-state index is 14.5. The lowest BCUT2D eigenvalue weighted by atomic mass is 9.99. The third-order valence-electron chi connectivity index (χ3n) is 7.07. The fraction of sp³-hybridized carbons (Fsp3) is 0.533. The first-order chi connectivity index (χ1) is 18.8. The first-order valence-electron chi connectivity index (χ1n) is 13.7. The molecule has 39 heavy (non-hydrogen) atoms. The van der Waals surface area contributed by atoms with Crippen molar-refractivity contribution in [3.05, 3.63) is 65.0 Å². The number of benzene rings is 2. The Hall–Kier alpha value is -2.62. The minimum absolute atomic E-state index is 0.106. The van der Waals surface area contributed by atoms with E-state index >= 15 is 0 Å². The van der Waals surface area contributed by atoms with Crippen molar-refractivity contribution in [3.63, 3.8) is 0 Å². The lowest BCUT2D eigenvalue weighted by molar-refractivity contribution is -0.139. The number of carbonyl (C=O) groups excluding carboxylic acids is 2. The number of likely N-dealkylation sites (N-methyl/N-ethyl adjacent to an activating group) is 1. The molecule has 1 aliphatic rings. The van der Waals surface area contributed by atoms with Crippen molar-refractivity contribution in [1.29, 1.82) is 0 Å². The second kappa shape index (κ2) is 15.8. The highest BCUT2D eigenvalue weighted by Crippen LogP contribution is 2.20. The van der Waals surface area contributed by atoms with Crippen molar-refractivity contribution < 1.29 is 23.8 Å². The Morgan fingerprint density at radius 2 is 2.00 bits per heavy atom. The normalized spacial score (nSPS) is 20.0. The lowest BCUT2D eigenvalue weighted by Gasteiger charge is -2.31. The Morgan fingerprint density at radius 1 is 1.21 bits per heavy atom. The molecule has 9 heteroatoms. The van der Waals surface area contributed by atoms with E-state index in [2.05, 4.69) is 29.7 Å². The van der Waals surface area contributed by atoms with E-state index in [0.29, 0.717) is 55.9 Å². The minimum Gasteiger partial charge on any atom is -0.493 e. The zero-order valence-corrected chi connectivity index (χ0v) is 24.1. The number of fused-ring (bicyclic) bond motifs is 2. The number of rotatable bonds is 9. The Labute approximate surface area is 235 Å². The molecule has 0 fully saturated rings. The van der Waals surface area contributed by atoms with Gasteiger partial charge < -0.3 is 25.4 Å². The molecule has 1 aliphatic heterocycles. The van der Waals surface area contributed by atoms with Gasteiger partial charge in [0.1, 0.15) is 17.6 Å². The number of ether oxygens (including phenoxy) is 1. The molecule has 3 N–H and O–H groups in total. The number of hydrogen-bond donors (Lipinski definition) is 3. The molecule has 2 amide bonds. The molecule has 7 nitrogen and oxygen atoms in total. The Balaban J connectivity index is 1.82. The van der Waals surface area contributed by atoms with Crippen LogP contribution in [0, 0.1) is 5.82 Å². The third-order valence-corrected chi connectivity index (χ3v) is 7.72. The number of aliphatic hydroxyl groups excluding tert-OH is 1. The summed E-state index contributed by atoms with van der Waals surface area (Å²) in [5.74, 6) is 0.249. The van der Waals surface area contributed by atoms with Crippen molar-refractivity contribution in [2.24, 2.45) is 0 Å². The second-order valence-electron chi connectivity index (χ2n) is 10.1. The zero-order chi connectivity index (χ0) is 28.2. The molecule has 0 unspecified atom stereocenters. The van der Waals surface area contributed by atoms with Gasteiger partial charge in [-0.15, -0.1) is 0 Å². The number of nitrogens with zero attached hydrogens (tertiary/aromatic N) is 1. The quantitative estimate of drug-likeness (QED) is 0.434. The van der Waals surface area contributed by atoms with Crippen LogP contribution in [0.5, 0.6) is 5.75 Å². The summed E-state index contributed by atoms with van der Waals surface area (Å²) in [5, 5.41) is 17.5. The van der Waals surface area contributed by atoms with E-state index in [9.17, 15) is 19.1 Å². The van der Waals surface area contributed by atoms with Gasteiger partial charge in [-0.1, -0.05) is 31.2 Å². The van der Waals surface area contributed by atoms with E-state index in [4.69, 9.17) is 4.74 Å². The fourth-order valence-electron chi connectivity index (χ4n) is 4.75. The number of thioether (sulfide) groups is 1. The van der Waals surface area contributed by atoms with Gasteiger partial charge in [-0.3, -0.25) is 9.59 Å². The van der Waals surface area contributed by atoms with E-state index in [1.165, 1.54) is 22.6 Å². The van der Waals surface area contributed by atoms with Gasteiger partial charge in [-0.2, -0.15) is 11.8 Å². The number of halogens is 1. The summed E-state index contributed by atoms with van der Waals surface area (Å²) in [4.78, 5) is 28.0. The van der Waals surface area contributed by atoms with Crippen LogP contribution >= 0.6 is 11.8 Å². The van der Waals surface area contributed by atoms with Crippen LogP contribution in [0.1, 0.15) is 49.3 Å². The number of amides is 2. The van der Waals surface area contributed by atoms with Gasteiger partial charge in [0.2, 0.25) is 11.8 Å². The van der Waals surface area contributed by atoms with E-state index in [0.717, 1.165) is 12.0 Å². The van der Waals surface area contributed by atoms with E-state index in [1.54, 1.807) is 24.9 Å². The van der Waals surface area contributed by atoms with Crippen LogP contribution in [0.2, 0.25) is 0 Å². The Kier molecular flexibility index (Phi) is 12.6. The highest BCUT2D eigenvalue weighted by atomic mass is 32.2. The average molecular weight is 560 g/mol. The van der Waals surface area contributed by atoms with Crippen molar-refractivity contribution in [1.82, 2.24) is 15.5 Å².